The predicted molar refractivity (Wildman–Crippen MR) is 80.4 cm³/mol. The average molecular weight is 339 g/mol. The third-order valence-electron chi connectivity index (χ3n) is 2.96. The Morgan fingerprint density at radius 3 is 2.70 bits per heavy atom. The van der Waals surface area contributed by atoms with Gasteiger partial charge in [0, 0.05) is 10.9 Å². The summed E-state index contributed by atoms with van der Waals surface area (Å²) in [7, 11) is 0. The molecule has 0 aromatic heterocycles. The maximum Gasteiger partial charge on any atom is 0.123 e. The van der Waals surface area contributed by atoms with Crippen LogP contribution in [0.3, 0.4) is 0 Å². The number of hydrogen-bond donors (Lipinski definition) is 1. The molecular weight excluding hydrogens is 323 g/mol. The first-order valence-corrected chi connectivity index (χ1v) is 7.24. The van der Waals surface area contributed by atoms with E-state index in [9.17, 15) is 9.50 Å². The van der Waals surface area contributed by atoms with E-state index < -0.39 is 6.10 Å². The Hall–Kier alpha value is -1.39. The third-order valence-corrected chi connectivity index (χ3v) is 3.65. The van der Waals surface area contributed by atoms with E-state index in [0.717, 1.165) is 21.3 Å². The molecule has 106 valence electrons. The van der Waals surface area contributed by atoms with Crippen LogP contribution in [-0.2, 0) is 6.42 Å². The first kappa shape index (κ1) is 15.0. The van der Waals surface area contributed by atoms with E-state index >= 15 is 0 Å². The zero-order valence-electron chi connectivity index (χ0n) is 11.1. The van der Waals surface area contributed by atoms with Gasteiger partial charge < -0.3 is 9.84 Å². The second kappa shape index (κ2) is 6.86. The Labute approximate surface area is 126 Å². The highest BCUT2D eigenvalue weighted by molar-refractivity contribution is 9.10. The summed E-state index contributed by atoms with van der Waals surface area (Å²) in [4.78, 5) is 0. The fourth-order valence-electron chi connectivity index (χ4n) is 2.03. The van der Waals surface area contributed by atoms with Crippen LogP contribution < -0.4 is 4.74 Å². The minimum absolute atomic E-state index is 0.291. The van der Waals surface area contributed by atoms with Crippen molar-refractivity contribution in [3.63, 3.8) is 0 Å². The van der Waals surface area contributed by atoms with Crippen molar-refractivity contribution < 1.29 is 14.2 Å². The molecule has 2 aromatic carbocycles. The number of halogens is 2. The molecule has 2 aromatic rings. The largest absolute Gasteiger partial charge is 0.494 e. The monoisotopic (exact) mass is 338 g/mol. The molecule has 2 rings (SSSR count). The molecule has 0 aliphatic heterocycles. The Balaban J connectivity index is 2.14. The van der Waals surface area contributed by atoms with Crippen LogP contribution in [0, 0.1) is 5.82 Å². The molecule has 0 heterocycles. The molecule has 0 amide bonds. The molecule has 0 fully saturated rings. The van der Waals surface area contributed by atoms with Crippen molar-refractivity contribution in [2.75, 3.05) is 6.61 Å². The van der Waals surface area contributed by atoms with Gasteiger partial charge >= 0.3 is 0 Å². The lowest BCUT2D eigenvalue weighted by Gasteiger charge is -2.14. The maximum absolute atomic E-state index is 13.1. The standard InChI is InChI=1S/C16H16BrFO2/c1-2-20-13-6-7-14(15(17)10-13)16(19)9-11-4-3-5-12(18)8-11/h3-8,10,16,19H,2,9H2,1H3. The summed E-state index contributed by atoms with van der Waals surface area (Å²) in [6.45, 7) is 2.51. The lowest BCUT2D eigenvalue weighted by Crippen LogP contribution is -2.03. The van der Waals surface area contributed by atoms with Crippen molar-refractivity contribution in [3.05, 3.63) is 63.9 Å². The zero-order valence-corrected chi connectivity index (χ0v) is 12.7. The second-order valence-electron chi connectivity index (χ2n) is 4.47. The third kappa shape index (κ3) is 3.81. The lowest BCUT2D eigenvalue weighted by atomic mass is 10.0. The van der Waals surface area contributed by atoms with Crippen molar-refractivity contribution in [1.82, 2.24) is 0 Å². The van der Waals surface area contributed by atoms with Gasteiger partial charge in [0.15, 0.2) is 0 Å². The predicted octanol–water partition coefficient (Wildman–Crippen LogP) is 4.26. The van der Waals surface area contributed by atoms with Gasteiger partial charge in [-0.05, 0) is 42.3 Å². The van der Waals surface area contributed by atoms with Gasteiger partial charge in [0.25, 0.3) is 0 Å². The number of ether oxygens (including phenoxy) is 1. The highest BCUT2D eigenvalue weighted by Crippen LogP contribution is 2.29. The molecule has 0 spiro atoms. The van der Waals surface area contributed by atoms with Crippen LogP contribution in [0.2, 0.25) is 0 Å². The molecule has 0 radical (unpaired) electrons. The van der Waals surface area contributed by atoms with Crippen molar-refractivity contribution in [2.24, 2.45) is 0 Å². The van der Waals surface area contributed by atoms with Crippen LogP contribution in [0.25, 0.3) is 0 Å². The molecule has 0 saturated heterocycles. The molecule has 20 heavy (non-hydrogen) atoms. The van der Waals surface area contributed by atoms with Gasteiger partial charge in [0.1, 0.15) is 11.6 Å². The quantitative estimate of drug-likeness (QED) is 0.882. The van der Waals surface area contributed by atoms with Crippen molar-refractivity contribution in [3.8, 4) is 5.75 Å². The van der Waals surface area contributed by atoms with Gasteiger partial charge in [-0.25, -0.2) is 4.39 Å². The molecule has 2 nitrogen and oxygen atoms in total. The summed E-state index contributed by atoms with van der Waals surface area (Å²) in [6.07, 6.45) is -0.327. The summed E-state index contributed by atoms with van der Waals surface area (Å²) in [5.41, 5.74) is 1.52. The van der Waals surface area contributed by atoms with Gasteiger partial charge in [-0.2, -0.15) is 0 Å². The SMILES string of the molecule is CCOc1ccc(C(O)Cc2cccc(F)c2)c(Br)c1. The normalized spacial score (nSPS) is 12.2. The molecule has 0 bridgehead atoms. The van der Waals surface area contributed by atoms with E-state index in [0.29, 0.717) is 13.0 Å². The first-order valence-electron chi connectivity index (χ1n) is 6.45. The minimum Gasteiger partial charge on any atom is -0.494 e. The van der Waals surface area contributed by atoms with E-state index in [1.54, 1.807) is 12.1 Å². The Bertz CT molecular complexity index is 586. The Kier molecular flexibility index (Phi) is 5.15. The highest BCUT2D eigenvalue weighted by atomic mass is 79.9. The number of hydrogen-bond acceptors (Lipinski definition) is 2. The first-order chi connectivity index (χ1) is 9.60. The Morgan fingerprint density at radius 2 is 2.05 bits per heavy atom. The summed E-state index contributed by atoms with van der Waals surface area (Å²) >= 11 is 3.43. The molecule has 1 unspecified atom stereocenters. The van der Waals surface area contributed by atoms with Gasteiger partial charge in [0.2, 0.25) is 0 Å². The van der Waals surface area contributed by atoms with Gasteiger partial charge in [-0.3, -0.25) is 0 Å². The van der Waals surface area contributed by atoms with Crippen LogP contribution in [0.1, 0.15) is 24.2 Å². The number of rotatable bonds is 5. The van der Waals surface area contributed by atoms with Crippen molar-refractivity contribution in [2.45, 2.75) is 19.4 Å². The number of aliphatic hydroxyl groups is 1. The molecular formula is C16H16BrFO2. The van der Waals surface area contributed by atoms with Crippen LogP contribution in [0.5, 0.6) is 5.75 Å². The maximum atomic E-state index is 13.1. The van der Waals surface area contributed by atoms with Crippen LogP contribution in [0.4, 0.5) is 4.39 Å². The van der Waals surface area contributed by atoms with Gasteiger partial charge in [0.05, 0.1) is 12.7 Å². The van der Waals surface area contributed by atoms with E-state index in [2.05, 4.69) is 15.9 Å². The average Bonchev–Trinajstić information content (AvgIpc) is 2.39. The molecule has 0 aliphatic rings. The Morgan fingerprint density at radius 1 is 1.25 bits per heavy atom. The smallest absolute Gasteiger partial charge is 0.123 e. The molecule has 1 N–H and O–H groups in total. The van der Waals surface area contributed by atoms with E-state index in [4.69, 9.17) is 4.74 Å². The second-order valence-corrected chi connectivity index (χ2v) is 5.32. The molecule has 1 atom stereocenters. The minimum atomic E-state index is -0.693. The zero-order chi connectivity index (χ0) is 14.5. The number of benzene rings is 2. The number of aliphatic hydroxyl groups excluding tert-OH is 1. The van der Waals surface area contributed by atoms with Crippen LogP contribution in [-0.4, -0.2) is 11.7 Å². The summed E-state index contributed by atoms with van der Waals surface area (Å²) in [5, 5.41) is 10.3. The van der Waals surface area contributed by atoms with Crippen LogP contribution in [0.15, 0.2) is 46.9 Å². The molecule has 0 saturated carbocycles. The van der Waals surface area contributed by atoms with Crippen molar-refractivity contribution in [1.29, 1.82) is 0 Å². The molecule has 0 aliphatic carbocycles. The van der Waals surface area contributed by atoms with Gasteiger partial charge in [-0.1, -0.05) is 34.1 Å². The summed E-state index contributed by atoms with van der Waals surface area (Å²) < 4.78 is 19.3. The highest BCUT2D eigenvalue weighted by Gasteiger charge is 2.13. The van der Waals surface area contributed by atoms with Gasteiger partial charge in [-0.15, -0.1) is 0 Å². The topological polar surface area (TPSA) is 29.5 Å². The summed E-state index contributed by atoms with van der Waals surface area (Å²) in [5.74, 6) is 0.460. The molecule has 4 heteroatoms. The van der Waals surface area contributed by atoms with Crippen molar-refractivity contribution >= 4 is 15.9 Å². The van der Waals surface area contributed by atoms with Crippen LogP contribution >= 0.6 is 15.9 Å². The summed E-state index contributed by atoms with van der Waals surface area (Å²) in [6, 6.07) is 11.7. The lowest BCUT2D eigenvalue weighted by molar-refractivity contribution is 0.177. The van der Waals surface area contributed by atoms with E-state index in [1.807, 2.05) is 25.1 Å². The fourth-order valence-corrected chi connectivity index (χ4v) is 2.65. The van der Waals surface area contributed by atoms with E-state index in [-0.39, 0.29) is 5.82 Å². The van der Waals surface area contributed by atoms with E-state index in [1.165, 1.54) is 12.1 Å². The fraction of sp³-hybridized carbons (Fsp3) is 0.250.